The van der Waals surface area contributed by atoms with Crippen LogP contribution in [0, 0.1) is 10.1 Å². The Balaban J connectivity index is 1.29. The molecule has 0 aliphatic carbocycles. The first-order valence-corrected chi connectivity index (χ1v) is 11.9. The fourth-order valence-corrected chi connectivity index (χ4v) is 4.79. The molecule has 0 bridgehead atoms. The van der Waals surface area contributed by atoms with E-state index < -0.39 is 4.92 Å². The van der Waals surface area contributed by atoms with Crippen LogP contribution in [0.5, 0.6) is 0 Å². The Hall–Kier alpha value is -3.40. The number of amides is 1. The zero-order valence-electron chi connectivity index (χ0n) is 18.5. The lowest BCUT2D eigenvalue weighted by atomic mass is 10.1. The van der Waals surface area contributed by atoms with Crippen LogP contribution in [0.25, 0.3) is 0 Å². The lowest BCUT2D eigenvalue weighted by Gasteiger charge is -2.36. The van der Waals surface area contributed by atoms with Gasteiger partial charge in [0.2, 0.25) is 5.91 Å². The number of aromatic nitrogens is 3. The van der Waals surface area contributed by atoms with Gasteiger partial charge < -0.3 is 14.4 Å². The molecule has 33 heavy (non-hydrogen) atoms. The molecule has 4 rings (SSSR count). The lowest BCUT2D eigenvalue weighted by Crippen LogP contribution is -2.49. The van der Waals surface area contributed by atoms with E-state index in [9.17, 15) is 14.9 Å². The number of rotatable bonds is 8. The van der Waals surface area contributed by atoms with Gasteiger partial charge in [-0.3, -0.25) is 14.9 Å². The molecular formula is C23H26N6O3S. The summed E-state index contributed by atoms with van der Waals surface area (Å²) in [5.74, 6) is 1.30. The summed E-state index contributed by atoms with van der Waals surface area (Å²) in [7, 11) is 0. The van der Waals surface area contributed by atoms with Crippen LogP contribution in [0.4, 0.5) is 11.4 Å². The molecule has 0 saturated carbocycles. The third kappa shape index (κ3) is 5.51. The van der Waals surface area contributed by atoms with Gasteiger partial charge in [-0.2, -0.15) is 0 Å². The molecule has 1 amide bonds. The minimum atomic E-state index is -0.401. The molecule has 1 saturated heterocycles. The van der Waals surface area contributed by atoms with Crippen molar-refractivity contribution in [1.82, 2.24) is 19.7 Å². The molecule has 3 aromatic rings. The zero-order valence-corrected chi connectivity index (χ0v) is 19.3. The van der Waals surface area contributed by atoms with E-state index in [4.69, 9.17) is 0 Å². The average Bonchev–Trinajstić information content (AvgIpc) is 3.24. The average molecular weight is 467 g/mol. The van der Waals surface area contributed by atoms with Crippen molar-refractivity contribution >= 4 is 29.0 Å². The number of benzene rings is 2. The summed E-state index contributed by atoms with van der Waals surface area (Å²) in [5, 5.41) is 20.3. The van der Waals surface area contributed by atoms with Crippen LogP contribution in [-0.2, 0) is 17.8 Å². The highest BCUT2D eigenvalue weighted by molar-refractivity contribution is 7.99. The maximum absolute atomic E-state index is 12.8. The summed E-state index contributed by atoms with van der Waals surface area (Å²) in [6.45, 7) is 5.44. The maximum Gasteiger partial charge on any atom is 0.269 e. The molecule has 2 heterocycles. The number of non-ortho nitro benzene ring substituents is 1. The minimum Gasteiger partial charge on any atom is -0.368 e. The van der Waals surface area contributed by atoms with Gasteiger partial charge in [0, 0.05) is 57.0 Å². The van der Waals surface area contributed by atoms with Gasteiger partial charge in [0.15, 0.2) is 5.16 Å². The first-order chi connectivity index (χ1) is 16.0. The van der Waals surface area contributed by atoms with Crippen LogP contribution in [0.15, 0.2) is 59.8 Å². The number of nitro groups is 1. The van der Waals surface area contributed by atoms with Crippen molar-refractivity contribution in [2.45, 2.75) is 25.0 Å². The van der Waals surface area contributed by atoms with Crippen LogP contribution in [0.3, 0.4) is 0 Å². The number of nitrogens with zero attached hydrogens (tertiary/aromatic N) is 6. The molecule has 1 aliphatic heterocycles. The molecule has 2 aromatic carbocycles. The van der Waals surface area contributed by atoms with E-state index in [0.717, 1.165) is 23.2 Å². The number of carbonyl (C=O) groups excluding carboxylic acids is 1. The van der Waals surface area contributed by atoms with E-state index in [1.54, 1.807) is 12.1 Å². The normalized spacial score (nSPS) is 13.8. The molecular weight excluding hydrogens is 440 g/mol. The van der Waals surface area contributed by atoms with Gasteiger partial charge in [0.05, 0.1) is 10.7 Å². The topological polar surface area (TPSA) is 97.4 Å². The second-order valence-electron chi connectivity index (χ2n) is 7.74. The molecule has 0 radical (unpaired) electrons. The predicted molar refractivity (Wildman–Crippen MR) is 128 cm³/mol. The first kappa shape index (κ1) is 22.8. The Labute approximate surface area is 196 Å². The van der Waals surface area contributed by atoms with Crippen LogP contribution >= 0.6 is 11.8 Å². The summed E-state index contributed by atoms with van der Waals surface area (Å²) < 4.78 is 2.07. The number of hydrogen-bond donors (Lipinski definition) is 0. The highest BCUT2D eigenvalue weighted by atomic mass is 32.2. The van der Waals surface area contributed by atoms with E-state index in [1.807, 2.05) is 23.1 Å². The molecule has 0 atom stereocenters. The van der Waals surface area contributed by atoms with E-state index in [-0.39, 0.29) is 11.6 Å². The Bertz CT molecular complexity index is 1100. The summed E-state index contributed by atoms with van der Waals surface area (Å²) in [4.78, 5) is 27.2. The van der Waals surface area contributed by atoms with Crippen LogP contribution < -0.4 is 4.90 Å². The number of piperazine rings is 1. The summed E-state index contributed by atoms with van der Waals surface area (Å²) >= 11 is 1.43. The molecule has 1 aliphatic rings. The number of hydrogen-bond acceptors (Lipinski definition) is 7. The van der Waals surface area contributed by atoms with Gasteiger partial charge >= 0.3 is 0 Å². The minimum absolute atomic E-state index is 0.0800. The summed E-state index contributed by atoms with van der Waals surface area (Å²) in [6.07, 6.45) is 0.709. The van der Waals surface area contributed by atoms with Gasteiger partial charge in [0.25, 0.3) is 5.69 Å². The van der Waals surface area contributed by atoms with Crippen LogP contribution in [0.1, 0.15) is 18.3 Å². The molecule has 1 fully saturated rings. The molecule has 0 unspecified atom stereocenters. The third-order valence-corrected chi connectivity index (χ3v) is 6.65. The monoisotopic (exact) mass is 466 g/mol. The van der Waals surface area contributed by atoms with E-state index in [1.165, 1.54) is 29.5 Å². The molecule has 1 aromatic heterocycles. The highest BCUT2D eigenvalue weighted by Gasteiger charge is 2.23. The maximum atomic E-state index is 12.8. The van der Waals surface area contributed by atoms with Gasteiger partial charge in [0.1, 0.15) is 5.82 Å². The largest absolute Gasteiger partial charge is 0.368 e. The number of anilines is 1. The third-order valence-electron chi connectivity index (χ3n) is 5.70. The van der Waals surface area contributed by atoms with Crippen molar-refractivity contribution < 1.29 is 9.72 Å². The van der Waals surface area contributed by atoms with Crippen molar-refractivity contribution in [3.05, 3.63) is 76.1 Å². The first-order valence-electron chi connectivity index (χ1n) is 10.9. The Morgan fingerprint density at radius 1 is 1.03 bits per heavy atom. The molecule has 9 nitrogen and oxygen atoms in total. The smallest absolute Gasteiger partial charge is 0.269 e. The Kier molecular flexibility index (Phi) is 7.23. The molecule has 172 valence electrons. The fraction of sp³-hybridized carbons (Fsp3) is 0.348. The fourth-order valence-electron chi connectivity index (χ4n) is 3.87. The SMILES string of the molecule is CCn1c(Cc2ccccc2)nnc1SCC(=O)N1CCN(c2ccc([N+](=O)[O-])cc2)CC1. The summed E-state index contributed by atoms with van der Waals surface area (Å²) in [5.41, 5.74) is 2.19. The quantitative estimate of drug-likeness (QED) is 0.286. The zero-order chi connectivity index (χ0) is 23.2. The van der Waals surface area contributed by atoms with Crippen LogP contribution in [-0.4, -0.2) is 62.4 Å². The van der Waals surface area contributed by atoms with E-state index in [0.29, 0.717) is 38.4 Å². The lowest BCUT2D eigenvalue weighted by molar-refractivity contribution is -0.384. The summed E-state index contributed by atoms with van der Waals surface area (Å²) in [6, 6.07) is 16.7. The van der Waals surface area contributed by atoms with Gasteiger partial charge in [-0.1, -0.05) is 42.1 Å². The molecule has 10 heteroatoms. The number of thioether (sulfide) groups is 1. The van der Waals surface area contributed by atoms with Crippen molar-refractivity contribution in [3.8, 4) is 0 Å². The van der Waals surface area contributed by atoms with E-state index in [2.05, 4.69) is 38.7 Å². The van der Waals surface area contributed by atoms with Crippen molar-refractivity contribution in [3.63, 3.8) is 0 Å². The highest BCUT2D eigenvalue weighted by Crippen LogP contribution is 2.22. The number of nitro benzene ring substituents is 1. The second-order valence-corrected chi connectivity index (χ2v) is 8.68. The van der Waals surface area contributed by atoms with E-state index >= 15 is 0 Å². The molecule has 0 spiro atoms. The predicted octanol–water partition coefficient (Wildman–Crippen LogP) is 3.24. The number of carbonyl (C=O) groups is 1. The second kappa shape index (κ2) is 10.5. The van der Waals surface area contributed by atoms with Gasteiger partial charge in [-0.15, -0.1) is 10.2 Å². The van der Waals surface area contributed by atoms with Gasteiger partial charge in [-0.05, 0) is 24.6 Å². The Morgan fingerprint density at radius 2 is 1.73 bits per heavy atom. The van der Waals surface area contributed by atoms with Crippen molar-refractivity contribution in [1.29, 1.82) is 0 Å². The van der Waals surface area contributed by atoms with Gasteiger partial charge in [-0.25, -0.2) is 0 Å². The van der Waals surface area contributed by atoms with Crippen LogP contribution in [0.2, 0.25) is 0 Å². The Morgan fingerprint density at radius 3 is 2.36 bits per heavy atom. The van der Waals surface area contributed by atoms with Crippen molar-refractivity contribution in [2.75, 3.05) is 36.8 Å². The standard InChI is InChI=1S/C23H26N6O3S/c1-2-28-21(16-18-6-4-3-5-7-18)24-25-23(28)33-17-22(30)27-14-12-26(13-15-27)19-8-10-20(11-9-19)29(31)32/h3-11H,2,12-17H2,1H3. The van der Waals surface area contributed by atoms with Crippen molar-refractivity contribution in [2.24, 2.45) is 0 Å². The molecule has 0 N–H and O–H groups in total.